The van der Waals surface area contributed by atoms with Crippen LogP contribution in [0.2, 0.25) is 0 Å². The average molecular weight is 283 g/mol. The van der Waals surface area contributed by atoms with Crippen molar-refractivity contribution in [2.24, 2.45) is 11.8 Å². The summed E-state index contributed by atoms with van der Waals surface area (Å²) in [7, 11) is 0. The van der Waals surface area contributed by atoms with Gasteiger partial charge in [-0.05, 0) is 36.1 Å². The van der Waals surface area contributed by atoms with Gasteiger partial charge in [0.25, 0.3) is 5.91 Å². The number of nitrogens with zero attached hydrogens (tertiary/aromatic N) is 2. The van der Waals surface area contributed by atoms with Gasteiger partial charge in [-0.1, -0.05) is 6.07 Å². The number of pyridine rings is 1. The van der Waals surface area contributed by atoms with E-state index in [0.29, 0.717) is 23.4 Å². The Kier molecular flexibility index (Phi) is 3.00. The van der Waals surface area contributed by atoms with Crippen LogP contribution in [0.4, 0.5) is 0 Å². The number of aromatic nitrogens is 1. The first kappa shape index (κ1) is 12.6. The van der Waals surface area contributed by atoms with Crippen molar-refractivity contribution in [3.63, 3.8) is 0 Å². The molecule has 4 heterocycles. The lowest BCUT2D eigenvalue weighted by Crippen LogP contribution is -2.31. The van der Waals surface area contributed by atoms with Crippen LogP contribution in [0.15, 0.2) is 40.9 Å². The molecule has 2 aromatic heterocycles. The second kappa shape index (κ2) is 5.00. The lowest BCUT2D eigenvalue weighted by atomic mass is 10.0. The lowest BCUT2D eigenvalue weighted by molar-refractivity contribution is 0.0751. The predicted octanol–water partition coefficient (Wildman–Crippen LogP) is 1.63. The molecular formula is C16H17N3O2. The van der Waals surface area contributed by atoms with Crippen molar-refractivity contribution >= 4 is 5.91 Å². The van der Waals surface area contributed by atoms with Gasteiger partial charge in [0.05, 0.1) is 0 Å². The molecule has 1 N–H and O–H groups in total. The molecule has 0 aliphatic carbocycles. The summed E-state index contributed by atoms with van der Waals surface area (Å²) < 4.78 is 5.70. The van der Waals surface area contributed by atoms with Crippen LogP contribution in [0.3, 0.4) is 0 Å². The molecule has 2 aliphatic heterocycles. The number of rotatable bonds is 2. The Balaban J connectivity index is 1.52. The Bertz CT molecular complexity index is 641. The standard InChI is InChI=1S/C16H17N3O2/c20-16(19-9-11-7-17-8-12(11)10-19)15-5-4-14(21-15)13-3-1-2-6-18-13/h1-6,11-12,17H,7-10H2. The maximum absolute atomic E-state index is 12.5. The molecule has 5 nitrogen and oxygen atoms in total. The number of carbonyl (C=O) groups excluding carboxylic acids is 1. The number of likely N-dealkylation sites (tertiary alicyclic amines) is 1. The Morgan fingerprint density at radius 1 is 1.19 bits per heavy atom. The number of hydrogen-bond acceptors (Lipinski definition) is 4. The average Bonchev–Trinajstić information content (AvgIpc) is 3.22. The molecule has 0 radical (unpaired) electrons. The lowest BCUT2D eigenvalue weighted by Gasteiger charge is -2.15. The highest BCUT2D eigenvalue weighted by Crippen LogP contribution is 2.28. The summed E-state index contributed by atoms with van der Waals surface area (Å²) in [5, 5.41) is 3.38. The van der Waals surface area contributed by atoms with Gasteiger partial charge >= 0.3 is 0 Å². The van der Waals surface area contributed by atoms with E-state index in [1.807, 2.05) is 29.2 Å². The highest BCUT2D eigenvalue weighted by atomic mass is 16.4. The van der Waals surface area contributed by atoms with Crippen LogP contribution in [-0.2, 0) is 0 Å². The monoisotopic (exact) mass is 283 g/mol. The normalized spacial score (nSPS) is 24.3. The molecule has 2 atom stereocenters. The number of furan rings is 1. The highest BCUT2D eigenvalue weighted by Gasteiger charge is 2.38. The molecule has 21 heavy (non-hydrogen) atoms. The van der Waals surface area contributed by atoms with E-state index in [-0.39, 0.29) is 5.91 Å². The summed E-state index contributed by atoms with van der Waals surface area (Å²) in [5.41, 5.74) is 0.749. The summed E-state index contributed by atoms with van der Waals surface area (Å²) in [4.78, 5) is 18.7. The Morgan fingerprint density at radius 2 is 2.00 bits per heavy atom. The Labute approximate surface area is 123 Å². The van der Waals surface area contributed by atoms with Crippen molar-refractivity contribution in [3.05, 3.63) is 42.3 Å². The number of hydrogen-bond donors (Lipinski definition) is 1. The van der Waals surface area contributed by atoms with Crippen LogP contribution < -0.4 is 5.32 Å². The first-order valence-electron chi connectivity index (χ1n) is 7.32. The molecule has 2 fully saturated rings. The smallest absolute Gasteiger partial charge is 0.289 e. The van der Waals surface area contributed by atoms with Crippen LogP contribution in [0.1, 0.15) is 10.6 Å². The molecule has 5 heteroatoms. The van der Waals surface area contributed by atoms with Gasteiger partial charge in [0.15, 0.2) is 11.5 Å². The minimum atomic E-state index is -0.00780. The van der Waals surface area contributed by atoms with Crippen molar-refractivity contribution in [3.8, 4) is 11.5 Å². The maximum atomic E-state index is 12.5. The van der Waals surface area contributed by atoms with Crippen LogP contribution in [0, 0.1) is 11.8 Å². The first-order valence-corrected chi connectivity index (χ1v) is 7.32. The minimum Gasteiger partial charge on any atom is -0.449 e. The van der Waals surface area contributed by atoms with Gasteiger partial charge in [0, 0.05) is 32.4 Å². The molecule has 2 aliphatic rings. The van der Waals surface area contributed by atoms with E-state index >= 15 is 0 Å². The van der Waals surface area contributed by atoms with Crippen molar-refractivity contribution in [1.82, 2.24) is 15.2 Å². The number of carbonyl (C=O) groups is 1. The number of nitrogens with one attached hydrogen (secondary N) is 1. The molecular weight excluding hydrogens is 266 g/mol. The molecule has 4 rings (SSSR count). The predicted molar refractivity (Wildman–Crippen MR) is 77.7 cm³/mol. The van der Waals surface area contributed by atoms with Gasteiger partial charge in [-0.25, -0.2) is 0 Å². The molecule has 108 valence electrons. The SMILES string of the molecule is O=C(c1ccc(-c2ccccn2)o1)N1CC2CNCC2C1. The van der Waals surface area contributed by atoms with E-state index in [2.05, 4.69) is 10.3 Å². The minimum absolute atomic E-state index is 0.00780. The van der Waals surface area contributed by atoms with Gasteiger partial charge in [0.2, 0.25) is 0 Å². The molecule has 2 saturated heterocycles. The maximum Gasteiger partial charge on any atom is 0.289 e. The summed E-state index contributed by atoms with van der Waals surface area (Å²) in [6.45, 7) is 3.70. The highest BCUT2D eigenvalue weighted by molar-refractivity contribution is 5.92. The third kappa shape index (κ3) is 2.23. The Morgan fingerprint density at radius 3 is 2.71 bits per heavy atom. The molecule has 0 spiro atoms. The fourth-order valence-electron chi connectivity index (χ4n) is 3.28. The second-order valence-corrected chi connectivity index (χ2v) is 5.77. The van der Waals surface area contributed by atoms with Crippen molar-refractivity contribution in [1.29, 1.82) is 0 Å². The molecule has 2 unspecified atom stereocenters. The summed E-state index contributed by atoms with van der Waals surface area (Å²) >= 11 is 0. The van der Waals surface area contributed by atoms with E-state index in [1.54, 1.807) is 12.3 Å². The molecule has 0 bridgehead atoms. The second-order valence-electron chi connectivity index (χ2n) is 5.77. The topological polar surface area (TPSA) is 58.4 Å². The quantitative estimate of drug-likeness (QED) is 0.910. The summed E-state index contributed by atoms with van der Waals surface area (Å²) in [6.07, 6.45) is 1.72. The zero-order valence-electron chi connectivity index (χ0n) is 11.7. The number of fused-ring (bicyclic) bond motifs is 1. The van der Waals surface area contributed by atoms with Gasteiger partial charge < -0.3 is 14.6 Å². The largest absolute Gasteiger partial charge is 0.449 e. The van der Waals surface area contributed by atoms with Crippen LogP contribution in [0.25, 0.3) is 11.5 Å². The summed E-state index contributed by atoms with van der Waals surface area (Å²) in [5.74, 6) is 2.23. The third-order valence-corrected chi connectivity index (χ3v) is 4.41. The van der Waals surface area contributed by atoms with E-state index in [1.165, 1.54) is 0 Å². The molecule has 2 aromatic rings. The van der Waals surface area contributed by atoms with Gasteiger partial charge in [-0.2, -0.15) is 0 Å². The third-order valence-electron chi connectivity index (χ3n) is 4.41. The fourth-order valence-corrected chi connectivity index (χ4v) is 3.28. The Hall–Kier alpha value is -2.14. The molecule has 0 aromatic carbocycles. The van der Waals surface area contributed by atoms with E-state index in [4.69, 9.17) is 4.42 Å². The van der Waals surface area contributed by atoms with Crippen LogP contribution >= 0.6 is 0 Å². The molecule has 1 amide bonds. The van der Waals surface area contributed by atoms with Crippen molar-refractivity contribution < 1.29 is 9.21 Å². The van der Waals surface area contributed by atoms with E-state index in [9.17, 15) is 4.79 Å². The van der Waals surface area contributed by atoms with E-state index < -0.39 is 0 Å². The zero-order valence-corrected chi connectivity index (χ0v) is 11.7. The first-order chi connectivity index (χ1) is 10.3. The fraction of sp³-hybridized carbons (Fsp3) is 0.375. The van der Waals surface area contributed by atoms with Crippen molar-refractivity contribution in [2.75, 3.05) is 26.2 Å². The van der Waals surface area contributed by atoms with Crippen molar-refractivity contribution in [2.45, 2.75) is 0 Å². The molecule has 0 saturated carbocycles. The van der Waals surface area contributed by atoms with Gasteiger partial charge in [-0.3, -0.25) is 9.78 Å². The van der Waals surface area contributed by atoms with E-state index in [0.717, 1.165) is 31.9 Å². The zero-order chi connectivity index (χ0) is 14.2. The summed E-state index contributed by atoms with van der Waals surface area (Å²) in [6, 6.07) is 9.20. The van der Waals surface area contributed by atoms with Gasteiger partial charge in [-0.15, -0.1) is 0 Å². The van der Waals surface area contributed by atoms with Crippen LogP contribution in [-0.4, -0.2) is 42.0 Å². The van der Waals surface area contributed by atoms with Gasteiger partial charge in [0.1, 0.15) is 5.69 Å². The number of amides is 1. The van der Waals surface area contributed by atoms with Crippen LogP contribution in [0.5, 0.6) is 0 Å².